The van der Waals surface area contributed by atoms with Gasteiger partial charge in [0.1, 0.15) is 5.56 Å². The number of rotatable bonds is 1. The quantitative estimate of drug-likeness (QED) is 0.531. The highest BCUT2D eigenvalue weighted by Gasteiger charge is 2.13. The average molecular weight is 188 g/mol. The summed E-state index contributed by atoms with van der Waals surface area (Å²) in [5.41, 5.74) is 0.0116. The van der Waals surface area contributed by atoms with E-state index in [1.54, 1.807) is 0 Å². The van der Waals surface area contributed by atoms with Gasteiger partial charge in [-0.25, -0.2) is 9.78 Å². The van der Waals surface area contributed by atoms with Crippen molar-refractivity contribution in [3.63, 3.8) is 0 Å². The normalized spacial score (nSPS) is 9.50. The van der Waals surface area contributed by atoms with Crippen LogP contribution >= 0.6 is 11.6 Å². The van der Waals surface area contributed by atoms with E-state index in [1.807, 2.05) is 0 Å². The summed E-state index contributed by atoms with van der Waals surface area (Å²) < 4.78 is 4.39. The Hall–Kier alpha value is -1.29. The van der Waals surface area contributed by atoms with Crippen LogP contribution in [0.25, 0.3) is 0 Å². The van der Waals surface area contributed by atoms with Gasteiger partial charge in [0.05, 0.1) is 7.11 Å². The number of hydrogen-bond donors (Lipinski definition) is 1. The van der Waals surface area contributed by atoms with Crippen molar-refractivity contribution in [2.75, 3.05) is 7.11 Å². The fourth-order valence-corrected chi connectivity index (χ4v) is 0.861. The predicted octanol–water partition coefficient (Wildman–Crippen LogP) is 1.23. The van der Waals surface area contributed by atoms with E-state index < -0.39 is 5.97 Å². The van der Waals surface area contributed by atoms with Crippen molar-refractivity contribution in [3.05, 3.63) is 23.0 Å². The van der Waals surface area contributed by atoms with Crippen molar-refractivity contribution in [1.82, 2.24) is 4.98 Å². The van der Waals surface area contributed by atoms with Crippen LogP contribution < -0.4 is 0 Å². The lowest BCUT2D eigenvalue weighted by Crippen LogP contribution is -2.01. The number of carbonyl (C=O) groups is 1. The zero-order valence-electron chi connectivity index (χ0n) is 6.24. The number of aromatic nitrogens is 1. The van der Waals surface area contributed by atoms with Gasteiger partial charge in [-0.15, -0.1) is 0 Å². The maximum absolute atomic E-state index is 10.9. The summed E-state index contributed by atoms with van der Waals surface area (Å²) in [4.78, 5) is 14.5. The number of carbonyl (C=O) groups excluding carboxylic acids is 1. The van der Waals surface area contributed by atoms with Crippen molar-refractivity contribution in [2.24, 2.45) is 0 Å². The van der Waals surface area contributed by atoms with Gasteiger partial charge >= 0.3 is 5.97 Å². The fraction of sp³-hybridized carbons (Fsp3) is 0.143. The SMILES string of the molecule is COC(=O)c1ccnc(Cl)c1O. The lowest BCUT2D eigenvalue weighted by Gasteiger charge is -2.01. The molecule has 0 radical (unpaired) electrons. The molecule has 64 valence electrons. The summed E-state index contributed by atoms with van der Waals surface area (Å²) in [7, 11) is 1.22. The van der Waals surface area contributed by atoms with Crippen molar-refractivity contribution >= 4 is 17.6 Å². The van der Waals surface area contributed by atoms with Crippen molar-refractivity contribution < 1.29 is 14.6 Å². The van der Waals surface area contributed by atoms with E-state index in [0.29, 0.717) is 0 Å². The van der Waals surface area contributed by atoms with Crippen molar-refractivity contribution in [2.45, 2.75) is 0 Å². The Balaban J connectivity index is 3.16. The molecule has 0 fully saturated rings. The van der Waals surface area contributed by atoms with E-state index in [-0.39, 0.29) is 16.5 Å². The molecule has 0 atom stereocenters. The summed E-state index contributed by atoms with van der Waals surface area (Å²) in [5, 5.41) is 9.09. The summed E-state index contributed by atoms with van der Waals surface area (Å²) in [6, 6.07) is 1.33. The first-order valence-electron chi connectivity index (χ1n) is 3.08. The molecule has 0 spiro atoms. The minimum Gasteiger partial charge on any atom is -0.504 e. The van der Waals surface area contributed by atoms with E-state index in [4.69, 9.17) is 11.6 Å². The third kappa shape index (κ3) is 1.48. The van der Waals surface area contributed by atoms with Crippen LogP contribution in [0.3, 0.4) is 0 Å². The Morgan fingerprint density at radius 1 is 1.75 bits per heavy atom. The van der Waals surface area contributed by atoms with Gasteiger partial charge in [-0.2, -0.15) is 0 Å². The first kappa shape index (κ1) is 8.80. The van der Waals surface area contributed by atoms with E-state index in [9.17, 15) is 9.90 Å². The number of methoxy groups -OCH3 is 1. The maximum atomic E-state index is 10.9. The summed E-state index contributed by atoms with van der Waals surface area (Å²) >= 11 is 5.45. The second-order valence-electron chi connectivity index (χ2n) is 1.99. The molecule has 0 saturated heterocycles. The molecule has 0 aliphatic carbocycles. The van der Waals surface area contributed by atoms with E-state index in [2.05, 4.69) is 9.72 Å². The standard InChI is InChI=1S/C7H6ClNO3/c1-12-7(11)4-2-3-9-6(8)5(4)10/h2-3,10H,1H3. The number of halogens is 1. The highest BCUT2D eigenvalue weighted by Crippen LogP contribution is 2.24. The predicted molar refractivity (Wildman–Crippen MR) is 42.3 cm³/mol. The lowest BCUT2D eigenvalue weighted by atomic mass is 10.2. The summed E-state index contributed by atoms with van der Waals surface area (Å²) in [5.74, 6) is -0.997. The van der Waals surface area contributed by atoms with Gasteiger partial charge in [-0.3, -0.25) is 0 Å². The fourth-order valence-electron chi connectivity index (χ4n) is 0.703. The van der Waals surface area contributed by atoms with Gasteiger partial charge in [-0.05, 0) is 6.07 Å². The minimum atomic E-state index is -0.642. The monoisotopic (exact) mass is 187 g/mol. The molecule has 1 aromatic rings. The highest BCUT2D eigenvalue weighted by molar-refractivity contribution is 6.31. The summed E-state index contributed by atoms with van der Waals surface area (Å²) in [6.45, 7) is 0. The lowest BCUT2D eigenvalue weighted by molar-refractivity contribution is 0.0597. The molecular weight excluding hydrogens is 182 g/mol. The Morgan fingerprint density at radius 2 is 2.42 bits per heavy atom. The Labute approximate surface area is 73.8 Å². The Kier molecular flexibility index (Phi) is 2.50. The smallest absolute Gasteiger partial charge is 0.341 e. The van der Waals surface area contributed by atoms with Crippen LogP contribution in [0, 0.1) is 0 Å². The number of esters is 1. The molecular formula is C7H6ClNO3. The molecule has 0 bridgehead atoms. The molecule has 0 aliphatic heterocycles. The van der Waals surface area contributed by atoms with Crippen LogP contribution in [0.4, 0.5) is 0 Å². The van der Waals surface area contributed by atoms with E-state index in [1.165, 1.54) is 19.4 Å². The van der Waals surface area contributed by atoms with Gasteiger partial charge in [0, 0.05) is 6.20 Å². The molecule has 1 rings (SSSR count). The number of hydrogen-bond acceptors (Lipinski definition) is 4. The molecule has 0 aliphatic rings. The highest BCUT2D eigenvalue weighted by atomic mass is 35.5. The molecule has 0 amide bonds. The minimum absolute atomic E-state index is 0.0116. The molecule has 4 nitrogen and oxygen atoms in total. The topological polar surface area (TPSA) is 59.4 Å². The van der Waals surface area contributed by atoms with E-state index >= 15 is 0 Å². The second-order valence-corrected chi connectivity index (χ2v) is 2.35. The molecule has 1 heterocycles. The Morgan fingerprint density at radius 3 is 3.00 bits per heavy atom. The third-order valence-corrected chi connectivity index (χ3v) is 1.56. The number of nitrogens with zero attached hydrogens (tertiary/aromatic N) is 1. The molecule has 5 heteroatoms. The first-order chi connectivity index (χ1) is 5.66. The van der Waals surface area contributed by atoms with Gasteiger partial charge in [0.25, 0.3) is 0 Å². The Bertz CT molecular complexity index is 314. The molecule has 0 saturated carbocycles. The van der Waals surface area contributed by atoms with Crippen molar-refractivity contribution in [1.29, 1.82) is 0 Å². The molecule has 12 heavy (non-hydrogen) atoms. The molecule has 0 unspecified atom stereocenters. The number of aromatic hydroxyl groups is 1. The maximum Gasteiger partial charge on any atom is 0.341 e. The van der Waals surface area contributed by atoms with Gasteiger partial charge in [0.15, 0.2) is 10.9 Å². The zero-order valence-corrected chi connectivity index (χ0v) is 7.00. The number of ether oxygens (including phenoxy) is 1. The molecule has 0 aromatic carbocycles. The van der Waals surface area contributed by atoms with Crippen LogP contribution in [0.15, 0.2) is 12.3 Å². The summed E-state index contributed by atoms with van der Waals surface area (Å²) in [6.07, 6.45) is 1.31. The van der Waals surface area contributed by atoms with Crippen LogP contribution in [-0.4, -0.2) is 23.2 Å². The molecule has 1 aromatic heterocycles. The first-order valence-corrected chi connectivity index (χ1v) is 3.46. The zero-order chi connectivity index (χ0) is 9.14. The average Bonchev–Trinajstić information content (AvgIpc) is 2.08. The second kappa shape index (κ2) is 3.40. The number of pyridine rings is 1. The van der Waals surface area contributed by atoms with Crippen LogP contribution in [0.2, 0.25) is 5.15 Å². The van der Waals surface area contributed by atoms with Crippen LogP contribution in [-0.2, 0) is 4.74 Å². The van der Waals surface area contributed by atoms with E-state index in [0.717, 1.165) is 0 Å². The van der Waals surface area contributed by atoms with Crippen LogP contribution in [0.5, 0.6) is 5.75 Å². The van der Waals surface area contributed by atoms with Gasteiger partial charge in [0.2, 0.25) is 0 Å². The van der Waals surface area contributed by atoms with Gasteiger partial charge < -0.3 is 9.84 Å². The largest absolute Gasteiger partial charge is 0.504 e. The van der Waals surface area contributed by atoms with Crippen LogP contribution in [0.1, 0.15) is 10.4 Å². The van der Waals surface area contributed by atoms with Gasteiger partial charge in [-0.1, -0.05) is 11.6 Å². The third-order valence-electron chi connectivity index (χ3n) is 1.28. The van der Waals surface area contributed by atoms with Crippen molar-refractivity contribution in [3.8, 4) is 5.75 Å². The molecule has 1 N–H and O–H groups in total.